The van der Waals surface area contributed by atoms with Crippen molar-refractivity contribution >= 4 is 33.6 Å². The first-order valence-electron chi connectivity index (χ1n) is 10.2. The van der Waals surface area contributed by atoms with Crippen LogP contribution in [0, 0.1) is 6.92 Å². The first kappa shape index (κ1) is 24.8. The second-order valence-electron chi connectivity index (χ2n) is 7.25. The molecular weight excluding hydrogens is 504 g/mol. The van der Waals surface area contributed by atoms with Crippen LogP contribution in [0.2, 0.25) is 0 Å². The van der Waals surface area contributed by atoms with Crippen LogP contribution < -0.4 is 15.5 Å². The average Bonchev–Trinajstić information content (AvgIpc) is 2.84. The normalized spacial score (nSPS) is 12.6. The minimum absolute atomic E-state index is 0.141. The Morgan fingerprint density at radius 3 is 2.41 bits per heavy atom. The molecule has 0 radical (unpaired) electrons. The smallest absolute Gasteiger partial charge is 0.412 e. The molecule has 8 nitrogen and oxygen atoms in total. The van der Waals surface area contributed by atoms with Gasteiger partial charge in [-0.1, -0.05) is 51.8 Å². The highest BCUT2D eigenvalue weighted by Crippen LogP contribution is 2.34. The molecule has 0 fully saturated rings. The van der Waals surface area contributed by atoms with Gasteiger partial charge in [0.2, 0.25) is 0 Å². The van der Waals surface area contributed by atoms with E-state index in [1.807, 2.05) is 19.1 Å². The van der Waals surface area contributed by atoms with Crippen molar-refractivity contribution in [1.82, 2.24) is 5.48 Å². The molecule has 9 heteroatoms. The predicted molar refractivity (Wildman–Crippen MR) is 130 cm³/mol. The number of carbonyl (C=O) groups excluding carboxylic acids is 2. The van der Waals surface area contributed by atoms with Gasteiger partial charge in [0, 0.05) is 21.8 Å². The maximum absolute atomic E-state index is 12.8. The highest BCUT2D eigenvalue weighted by atomic mass is 79.9. The molecule has 0 aromatic heterocycles. The van der Waals surface area contributed by atoms with Crippen LogP contribution in [0.25, 0.3) is 0 Å². The van der Waals surface area contributed by atoms with Crippen molar-refractivity contribution in [2.24, 2.45) is 0 Å². The van der Waals surface area contributed by atoms with Crippen LogP contribution in [-0.4, -0.2) is 28.4 Å². The van der Waals surface area contributed by atoms with Gasteiger partial charge in [-0.2, -0.15) is 0 Å². The highest BCUT2D eigenvalue weighted by molar-refractivity contribution is 9.10. The van der Waals surface area contributed by atoms with E-state index in [1.165, 1.54) is 17.6 Å². The van der Waals surface area contributed by atoms with E-state index >= 15 is 0 Å². The Kier molecular flexibility index (Phi) is 8.66. The van der Waals surface area contributed by atoms with E-state index in [-0.39, 0.29) is 11.3 Å². The molecular formula is C25H23BrN2O6. The summed E-state index contributed by atoms with van der Waals surface area (Å²) in [7, 11) is 0. The molecule has 2 atom stereocenters. The van der Waals surface area contributed by atoms with Gasteiger partial charge in [0.1, 0.15) is 11.5 Å². The van der Waals surface area contributed by atoms with Crippen molar-refractivity contribution in [3.8, 4) is 11.5 Å². The molecule has 34 heavy (non-hydrogen) atoms. The summed E-state index contributed by atoms with van der Waals surface area (Å²) in [6.07, 6.45) is -0.663. The number of amides is 2. The number of hydrogen-bond donors (Lipinski definition) is 4. The molecule has 0 aliphatic carbocycles. The lowest BCUT2D eigenvalue weighted by Gasteiger charge is -2.27. The van der Waals surface area contributed by atoms with Gasteiger partial charge in [0.15, 0.2) is 12.2 Å². The Bertz CT molecular complexity index is 1150. The number of carbonyl (C=O) groups is 2. The number of aromatic hydroxyl groups is 1. The van der Waals surface area contributed by atoms with Crippen molar-refractivity contribution in [3.05, 3.63) is 101 Å². The van der Waals surface area contributed by atoms with Gasteiger partial charge in [-0.3, -0.25) is 15.3 Å². The summed E-state index contributed by atoms with van der Waals surface area (Å²) in [6.45, 7) is 1.93. The third kappa shape index (κ3) is 7.09. The van der Waals surface area contributed by atoms with Gasteiger partial charge >= 0.3 is 6.09 Å². The van der Waals surface area contributed by atoms with Gasteiger partial charge in [-0.15, -0.1) is 0 Å². The summed E-state index contributed by atoms with van der Waals surface area (Å²) in [5, 5.41) is 22.1. The fraction of sp³-hybridized carbons (Fsp3) is 0.120. The lowest BCUT2D eigenvalue weighted by Crippen LogP contribution is -2.30. The second-order valence-corrected chi connectivity index (χ2v) is 8.17. The Morgan fingerprint density at radius 2 is 1.74 bits per heavy atom. The lowest BCUT2D eigenvalue weighted by molar-refractivity contribution is -0.124. The lowest BCUT2D eigenvalue weighted by atomic mass is 10.0. The van der Waals surface area contributed by atoms with Crippen LogP contribution >= 0.6 is 15.9 Å². The molecule has 3 aromatic carbocycles. The Balaban J connectivity index is 1.97. The van der Waals surface area contributed by atoms with Crippen molar-refractivity contribution in [3.63, 3.8) is 0 Å². The fourth-order valence-corrected chi connectivity index (χ4v) is 3.42. The zero-order chi connectivity index (χ0) is 24.5. The standard InChI is InChI=1S/C25H23BrN2O6/c1-16-7-10-18(11-8-16)27-25(31)34-24(20-15-17(26)9-12-21(20)29)22(13-14-23(30)28-32)33-19-5-3-2-4-6-19/h2-15,22,24,29,32H,1H3,(H,27,31)(H,28,30)/b14-13+/t22-,24-/m0/s1. The van der Waals surface area contributed by atoms with E-state index < -0.39 is 24.2 Å². The molecule has 176 valence electrons. The molecule has 0 spiro atoms. The third-order valence-corrected chi connectivity index (χ3v) is 5.18. The van der Waals surface area contributed by atoms with Crippen molar-refractivity contribution in [2.45, 2.75) is 19.1 Å². The number of nitrogens with one attached hydrogen (secondary N) is 2. The minimum Gasteiger partial charge on any atom is -0.508 e. The van der Waals surface area contributed by atoms with E-state index in [2.05, 4.69) is 21.2 Å². The number of aryl methyl sites for hydroxylation is 1. The van der Waals surface area contributed by atoms with Crippen LogP contribution in [0.4, 0.5) is 10.5 Å². The van der Waals surface area contributed by atoms with Crippen LogP contribution in [-0.2, 0) is 9.53 Å². The van der Waals surface area contributed by atoms with Gasteiger partial charge in [0.05, 0.1) is 0 Å². The predicted octanol–water partition coefficient (Wildman–Crippen LogP) is 5.26. The fourth-order valence-electron chi connectivity index (χ4n) is 3.04. The molecule has 0 aliphatic rings. The molecule has 0 heterocycles. The monoisotopic (exact) mass is 526 g/mol. The van der Waals surface area contributed by atoms with Gasteiger partial charge in [0.25, 0.3) is 5.91 Å². The quantitative estimate of drug-likeness (QED) is 0.180. The first-order chi connectivity index (χ1) is 16.4. The highest BCUT2D eigenvalue weighted by Gasteiger charge is 2.30. The Hall–Kier alpha value is -3.82. The minimum atomic E-state index is -1.18. The van der Waals surface area contributed by atoms with Crippen LogP contribution in [0.1, 0.15) is 17.2 Å². The first-order valence-corrected chi connectivity index (χ1v) is 11.0. The summed E-state index contributed by atoms with van der Waals surface area (Å²) in [5.74, 6) is -0.510. The van der Waals surface area contributed by atoms with Crippen LogP contribution in [0.15, 0.2) is 89.4 Å². The van der Waals surface area contributed by atoms with Crippen LogP contribution in [0.3, 0.4) is 0 Å². The number of hydroxylamine groups is 1. The molecule has 0 bridgehead atoms. The second kappa shape index (κ2) is 11.9. The zero-order valence-corrected chi connectivity index (χ0v) is 19.7. The van der Waals surface area contributed by atoms with E-state index in [0.717, 1.165) is 11.6 Å². The van der Waals surface area contributed by atoms with Crippen molar-refractivity contribution < 1.29 is 29.4 Å². The van der Waals surface area contributed by atoms with Crippen LogP contribution in [0.5, 0.6) is 11.5 Å². The van der Waals surface area contributed by atoms with E-state index in [0.29, 0.717) is 15.9 Å². The van der Waals surface area contributed by atoms with E-state index in [1.54, 1.807) is 54.6 Å². The number of phenols is 1. The van der Waals surface area contributed by atoms with Gasteiger partial charge in [-0.25, -0.2) is 10.3 Å². The number of benzene rings is 3. The topological polar surface area (TPSA) is 117 Å². The molecule has 0 saturated heterocycles. The number of para-hydroxylation sites is 1. The van der Waals surface area contributed by atoms with E-state index in [9.17, 15) is 14.7 Å². The average molecular weight is 527 g/mol. The Morgan fingerprint density at radius 1 is 1.03 bits per heavy atom. The summed E-state index contributed by atoms with van der Waals surface area (Å²) in [5.41, 5.74) is 3.29. The molecule has 0 saturated carbocycles. The van der Waals surface area contributed by atoms with Crippen molar-refractivity contribution in [2.75, 3.05) is 5.32 Å². The molecule has 3 rings (SSSR count). The zero-order valence-electron chi connectivity index (χ0n) is 18.1. The number of ether oxygens (including phenoxy) is 2. The number of hydrogen-bond acceptors (Lipinski definition) is 6. The maximum Gasteiger partial charge on any atom is 0.412 e. The number of anilines is 1. The molecule has 0 unspecified atom stereocenters. The Labute approximate surface area is 204 Å². The summed E-state index contributed by atoms with van der Waals surface area (Å²) in [4.78, 5) is 24.5. The van der Waals surface area contributed by atoms with Gasteiger partial charge < -0.3 is 14.6 Å². The largest absolute Gasteiger partial charge is 0.508 e. The van der Waals surface area contributed by atoms with E-state index in [4.69, 9.17) is 14.7 Å². The molecule has 4 N–H and O–H groups in total. The molecule has 2 amide bonds. The maximum atomic E-state index is 12.8. The number of halogens is 1. The summed E-state index contributed by atoms with van der Waals surface area (Å²) < 4.78 is 12.3. The van der Waals surface area contributed by atoms with Crippen molar-refractivity contribution in [1.29, 1.82) is 0 Å². The SMILES string of the molecule is Cc1ccc(NC(=O)O[C@@H](c2cc(Br)ccc2O)[C@H](/C=C/C(=O)NO)Oc2ccccc2)cc1. The number of phenolic OH excluding ortho intramolecular Hbond substituents is 1. The third-order valence-electron chi connectivity index (χ3n) is 4.69. The number of rotatable bonds is 8. The van der Waals surface area contributed by atoms with Gasteiger partial charge in [-0.05, 0) is 55.5 Å². The summed E-state index contributed by atoms with van der Waals surface area (Å²) >= 11 is 3.36. The summed E-state index contributed by atoms with van der Waals surface area (Å²) in [6, 6.07) is 20.5. The molecule has 0 aliphatic heterocycles. The molecule has 3 aromatic rings.